The van der Waals surface area contributed by atoms with E-state index in [1.807, 2.05) is 20.0 Å². The number of aromatic nitrogens is 3. The number of ether oxygens (including phenoxy) is 1. The van der Waals surface area contributed by atoms with E-state index in [2.05, 4.69) is 15.6 Å². The zero-order chi connectivity index (χ0) is 23.8. The lowest BCUT2D eigenvalue weighted by atomic mass is 9.96. The van der Waals surface area contributed by atoms with Crippen LogP contribution in [0.3, 0.4) is 0 Å². The van der Waals surface area contributed by atoms with Gasteiger partial charge in [-0.15, -0.1) is 5.10 Å². The molecule has 1 aromatic rings. The molecule has 10 nitrogen and oxygen atoms in total. The SMILES string of the molecule is C[C@@H]1CN([C@@H](C)CO)C(=O)CCCn2cc(nn2)CO[C@@H]1CN(C)C(=O)NC1CCCCC1. The summed E-state index contributed by atoms with van der Waals surface area (Å²) in [7, 11) is 1.78. The van der Waals surface area contributed by atoms with Gasteiger partial charge in [0.1, 0.15) is 5.69 Å². The molecule has 10 heteroatoms. The standard InChI is InChI=1S/C23H40N6O4/c1-17-12-29(18(2)15-30)22(31)10-7-11-28-13-20(25-26-28)16-33-21(17)14-27(3)23(32)24-19-8-5-4-6-9-19/h13,17-19,21,30H,4-12,14-16H2,1-3H3,(H,24,32)/t17-,18+,21-/m1/s1. The zero-order valence-electron chi connectivity index (χ0n) is 20.3. The molecule has 3 amide bonds. The highest BCUT2D eigenvalue weighted by molar-refractivity contribution is 5.76. The molecule has 0 saturated heterocycles. The molecule has 1 aromatic heterocycles. The molecular weight excluding hydrogens is 424 g/mol. The number of rotatable bonds is 5. The molecule has 1 fully saturated rings. The molecule has 186 valence electrons. The van der Waals surface area contributed by atoms with Crippen LogP contribution >= 0.6 is 0 Å². The molecule has 33 heavy (non-hydrogen) atoms. The Hall–Kier alpha value is -2.20. The molecule has 2 N–H and O–H groups in total. The lowest BCUT2D eigenvalue weighted by Gasteiger charge is -2.35. The van der Waals surface area contributed by atoms with E-state index in [0.717, 1.165) is 31.4 Å². The number of hydrogen-bond donors (Lipinski definition) is 2. The normalized spacial score (nSPS) is 24.4. The van der Waals surface area contributed by atoms with Crippen molar-refractivity contribution in [2.45, 2.75) is 90.1 Å². The number of aliphatic hydroxyl groups excluding tert-OH is 1. The Labute approximate surface area is 196 Å². The minimum Gasteiger partial charge on any atom is -0.394 e. The number of hydrogen-bond acceptors (Lipinski definition) is 6. The summed E-state index contributed by atoms with van der Waals surface area (Å²) in [6.45, 7) is 5.51. The van der Waals surface area contributed by atoms with Crippen molar-refractivity contribution in [3.8, 4) is 0 Å². The van der Waals surface area contributed by atoms with Gasteiger partial charge in [0, 0.05) is 45.1 Å². The summed E-state index contributed by atoms with van der Waals surface area (Å²) in [5.74, 6) is -0.0474. The fraction of sp³-hybridized carbons (Fsp3) is 0.826. The van der Waals surface area contributed by atoms with Crippen LogP contribution in [0.5, 0.6) is 0 Å². The van der Waals surface area contributed by atoms with Gasteiger partial charge in [-0.1, -0.05) is 31.4 Å². The largest absolute Gasteiger partial charge is 0.394 e. The first-order chi connectivity index (χ1) is 15.9. The number of amides is 3. The quantitative estimate of drug-likeness (QED) is 0.687. The highest BCUT2D eigenvalue weighted by Gasteiger charge is 2.29. The predicted molar refractivity (Wildman–Crippen MR) is 123 cm³/mol. The molecule has 1 aliphatic carbocycles. The van der Waals surface area contributed by atoms with Crippen LogP contribution < -0.4 is 5.32 Å². The van der Waals surface area contributed by atoms with E-state index in [9.17, 15) is 14.7 Å². The van der Waals surface area contributed by atoms with Gasteiger partial charge in [-0.3, -0.25) is 9.48 Å². The van der Waals surface area contributed by atoms with E-state index in [0.29, 0.717) is 32.5 Å². The van der Waals surface area contributed by atoms with E-state index in [1.165, 1.54) is 6.42 Å². The van der Waals surface area contributed by atoms with Gasteiger partial charge in [0.2, 0.25) is 5.91 Å². The van der Waals surface area contributed by atoms with Gasteiger partial charge in [0.25, 0.3) is 0 Å². The molecule has 0 radical (unpaired) electrons. The second-order valence-corrected chi connectivity index (χ2v) is 9.65. The fourth-order valence-corrected chi connectivity index (χ4v) is 4.58. The molecule has 1 aliphatic heterocycles. The van der Waals surface area contributed by atoms with Gasteiger partial charge in [-0.25, -0.2) is 4.79 Å². The molecular formula is C23H40N6O4. The molecule has 2 heterocycles. The minimum absolute atomic E-state index is 0.00475. The number of fused-ring (bicyclic) bond motifs is 2. The van der Waals surface area contributed by atoms with Crippen LogP contribution in [0, 0.1) is 5.92 Å². The molecule has 0 aromatic carbocycles. The van der Waals surface area contributed by atoms with Crippen LogP contribution in [-0.2, 0) is 22.7 Å². The lowest BCUT2D eigenvalue weighted by Crippen LogP contribution is -2.50. The third-order valence-electron chi connectivity index (χ3n) is 6.78. The Morgan fingerprint density at radius 2 is 2.09 bits per heavy atom. The van der Waals surface area contributed by atoms with Gasteiger partial charge in [0.15, 0.2) is 0 Å². The van der Waals surface area contributed by atoms with Crippen LogP contribution in [-0.4, -0.2) is 86.8 Å². The summed E-state index contributed by atoms with van der Waals surface area (Å²) < 4.78 is 7.96. The van der Waals surface area contributed by atoms with Crippen molar-refractivity contribution in [2.24, 2.45) is 5.92 Å². The number of aryl methyl sites for hydroxylation is 1. The maximum absolute atomic E-state index is 12.9. The zero-order valence-corrected chi connectivity index (χ0v) is 20.3. The molecule has 2 aliphatic rings. The summed E-state index contributed by atoms with van der Waals surface area (Å²) in [6, 6.07) is -0.140. The van der Waals surface area contributed by atoms with Crippen molar-refractivity contribution in [3.63, 3.8) is 0 Å². The average Bonchev–Trinajstić information content (AvgIpc) is 3.27. The van der Waals surface area contributed by atoms with Crippen molar-refractivity contribution >= 4 is 11.9 Å². The summed E-state index contributed by atoms with van der Waals surface area (Å²) in [5.41, 5.74) is 0.729. The van der Waals surface area contributed by atoms with Crippen molar-refractivity contribution in [1.82, 2.24) is 30.1 Å². The first-order valence-corrected chi connectivity index (χ1v) is 12.3. The monoisotopic (exact) mass is 464 g/mol. The van der Waals surface area contributed by atoms with Gasteiger partial charge >= 0.3 is 6.03 Å². The number of likely N-dealkylation sites (N-methyl/N-ethyl adjacent to an activating group) is 1. The number of urea groups is 1. The Balaban J connectivity index is 1.71. The fourth-order valence-electron chi connectivity index (χ4n) is 4.58. The minimum atomic E-state index is -0.306. The topological polar surface area (TPSA) is 113 Å². The maximum Gasteiger partial charge on any atom is 0.317 e. The van der Waals surface area contributed by atoms with Crippen molar-refractivity contribution in [2.75, 3.05) is 26.7 Å². The molecule has 0 spiro atoms. The molecule has 2 bridgehead atoms. The third kappa shape index (κ3) is 7.40. The molecule has 0 unspecified atom stereocenters. The Morgan fingerprint density at radius 3 is 2.82 bits per heavy atom. The molecule has 3 atom stereocenters. The number of aliphatic hydroxyl groups is 1. The van der Waals surface area contributed by atoms with Crippen LogP contribution in [0.15, 0.2) is 6.20 Å². The molecule has 3 rings (SSSR count). The number of carbonyl (C=O) groups is 2. The summed E-state index contributed by atoms with van der Waals surface area (Å²) in [6.07, 6.45) is 8.18. The highest BCUT2D eigenvalue weighted by Crippen LogP contribution is 2.19. The van der Waals surface area contributed by atoms with Crippen LogP contribution in [0.2, 0.25) is 0 Å². The Kier molecular flexibility index (Phi) is 9.49. The van der Waals surface area contributed by atoms with Crippen molar-refractivity contribution in [3.05, 3.63) is 11.9 Å². The second kappa shape index (κ2) is 12.3. The summed E-state index contributed by atoms with van der Waals surface area (Å²) in [4.78, 5) is 29.2. The molecule has 1 saturated carbocycles. The number of nitrogens with one attached hydrogen (secondary N) is 1. The van der Waals surface area contributed by atoms with E-state index in [4.69, 9.17) is 4.74 Å². The van der Waals surface area contributed by atoms with Crippen LogP contribution in [0.1, 0.15) is 64.5 Å². The van der Waals surface area contributed by atoms with Crippen LogP contribution in [0.4, 0.5) is 4.79 Å². The highest BCUT2D eigenvalue weighted by atomic mass is 16.5. The van der Waals surface area contributed by atoms with Crippen molar-refractivity contribution < 1.29 is 19.4 Å². The second-order valence-electron chi connectivity index (χ2n) is 9.65. The van der Waals surface area contributed by atoms with E-state index in [-0.39, 0.29) is 49.3 Å². The van der Waals surface area contributed by atoms with E-state index >= 15 is 0 Å². The smallest absolute Gasteiger partial charge is 0.317 e. The first kappa shape index (κ1) is 25.4. The van der Waals surface area contributed by atoms with Gasteiger partial charge in [-0.05, 0) is 26.2 Å². The first-order valence-electron chi connectivity index (χ1n) is 12.3. The predicted octanol–water partition coefficient (Wildman–Crippen LogP) is 1.78. The maximum atomic E-state index is 12.9. The lowest BCUT2D eigenvalue weighted by molar-refractivity contribution is -0.136. The average molecular weight is 465 g/mol. The Bertz CT molecular complexity index is 766. The van der Waals surface area contributed by atoms with Crippen LogP contribution in [0.25, 0.3) is 0 Å². The number of carbonyl (C=O) groups excluding carboxylic acids is 2. The van der Waals surface area contributed by atoms with Crippen molar-refractivity contribution in [1.29, 1.82) is 0 Å². The summed E-state index contributed by atoms with van der Waals surface area (Å²) >= 11 is 0. The summed E-state index contributed by atoms with van der Waals surface area (Å²) in [5, 5.41) is 21.2. The van der Waals surface area contributed by atoms with E-state index < -0.39 is 0 Å². The van der Waals surface area contributed by atoms with Gasteiger partial charge < -0.3 is 25.0 Å². The van der Waals surface area contributed by atoms with Gasteiger partial charge in [0.05, 0.1) is 31.6 Å². The van der Waals surface area contributed by atoms with Gasteiger partial charge in [-0.2, -0.15) is 0 Å². The number of nitrogens with zero attached hydrogens (tertiary/aromatic N) is 5. The Morgan fingerprint density at radius 1 is 1.33 bits per heavy atom. The third-order valence-corrected chi connectivity index (χ3v) is 6.78. The van der Waals surface area contributed by atoms with E-state index in [1.54, 1.807) is 21.5 Å².